The van der Waals surface area contributed by atoms with E-state index < -0.39 is 10.8 Å². The van der Waals surface area contributed by atoms with Crippen LogP contribution < -0.4 is 5.73 Å². The van der Waals surface area contributed by atoms with Gasteiger partial charge in [-0.15, -0.1) is 0 Å². The summed E-state index contributed by atoms with van der Waals surface area (Å²) < 4.78 is 12.3. The first-order chi connectivity index (χ1) is 9.10. The van der Waals surface area contributed by atoms with Crippen molar-refractivity contribution in [3.05, 3.63) is 58.6 Å². The van der Waals surface area contributed by atoms with Gasteiger partial charge < -0.3 is 5.73 Å². The second kappa shape index (κ2) is 6.22. The maximum atomic E-state index is 12.3. The molecular formula is C15H16ClNOS. The van der Waals surface area contributed by atoms with Crippen molar-refractivity contribution < 1.29 is 4.21 Å². The molecule has 0 radical (unpaired) electrons. The second-order valence-electron chi connectivity index (χ2n) is 4.34. The highest BCUT2D eigenvalue weighted by atomic mass is 35.5. The van der Waals surface area contributed by atoms with Crippen LogP contribution in [0.5, 0.6) is 0 Å². The standard InChI is InChI=1S/C15H16ClNOS/c1-2-11-3-5-12(6-4-11)10-19(18)15-8-7-13(16)9-14(15)17/h3-9H,2,10,17H2,1H3. The Morgan fingerprint density at radius 3 is 2.32 bits per heavy atom. The monoisotopic (exact) mass is 293 g/mol. The van der Waals surface area contributed by atoms with E-state index in [0.29, 0.717) is 21.4 Å². The van der Waals surface area contributed by atoms with E-state index in [2.05, 4.69) is 19.1 Å². The van der Waals surface area contributed by atoms with Crippen molar-refractivity contribution in [1.29, 1.82) is 0 Å². The molecule has 0 bridgehead atoms. The second-order valence-corrected chi connectivity index (χ2v) is 6.20. The van der Waals surface area contributed by atoms with Crippen molar-refractivity contribution >= 4 is 28.1 Å². The minimum Gasteiger partial charge on any atom is -0.398 e. The van der Waals surface area contributed by atoms with Gasteiger partial charge in [0.05, 0.1) is 21.4 Å². The molecule has 0 aliphatic carbocycles. The molecule has 2 rings (SSSR count). The molecule has 0 fully saturated rings. The summed E-state index contributed by atoms with van der Waals surface area (Å²) >= 11 is 5.84. The summed E-state index contributed by atoms with van der Waals surface area (Å²) in [6.45, 7) is 2.11. The van der Waals surface area contributed by atoms with Gasteiger partial charge in [0.25, 0.3) is 0 Å². The van der Waals surface area contributed by atoms with Crippen LogP contribution in [0.1, 0.15) is 18.1 Å². The van der Waals surface area contributed by atoms with Gasteiger partial charge in [-0.3, -0.25) is 4.21 Å². The first-order valence-corrected chi connectivity index (χ1v) is 7.81. The van der Waals surface area contributed by atoms with Gasteiger partial charge in [-0.1, -0.05) is 42.8 Å². The Morgan fingerprint density at radius 2 is 1.74 bits per heavy atom. The van der Waals surface area contributed by atoms with Gasteiger partial charge in [-0.2, -0.15) is 0 Å². The number of anilines is 1. The molecule has 19 heavy (non-hydrogen) atoms. The number of hydrogen-bond acceptors (Lipinski definition) is 2. The first kappa shape index (κ1) is 14.1. The van der Waals surface area contributed by atoms with Gasteiger partial charge in [-0.25, -0.2) is 0 Å². The molecule has 2 aromatic rings. The molecule has 2 N–H and O–H groups in total. The van der Waals surface area contributed by atoms with Gasteiger partial charge in [0.1, 0.15) is 0 Å². The summed E-state index contributed by atoms with van der Waals surface area (Å²) in [5.74, 6) is 0.468. The normalized spacial score (nSPS) is 12.3. The smallest absolute Gasteiger partial charge is 0.0621 e. The third-order valence-electron chi connectivity index (χ3n) is 2.95. The lowest BCUT2D eigenvalue weighted by molar-refractivity contribution is 0.683. The number of nitrogens with two attached hydrogens (primary N) is 1. The molecule has 0 aromatic heterocycles. The van der Waals surface area contributed by atoms with Crippen LogP contribution in [0.2, 0.25) is 5.02 Å². The van der Waals surface area contributed by atoms with Crippen molar-refractivity contribution in [1.82, 2.24) is 0 Å². The molecule has 0 aliphatic rings. The zero-order valence-corrected chi connectivity index (χ0v) is 12.3. The van der Waals surface area contributed by atoms with Gasteiger partial charge in [-0.05, 0) is 35.7 Å². The van der Waals surface area contributed by atoms with Gasteiger partial charge in [0.15, 0.2) is 0 Å². The highest BCUT2D eigenvalue weighted by Crippen LogP contribution is 2.23. The number of aryl methyl sites for hydroxylation is 1. The molecule has 1 atom stereocenters. The minimum absolute atomic E-state index is 0.468. The van der Waals surface area contributed by atoms with Crippen LogP contribution in [0.15, 0.2) is 47.4 Å². The predicted molar refractivity (Wildman–Crippen MR) is 81.8 cm³/mol. The van der Waals surface area contributed by atoms with E-state index in [4.69, 9.17) is 17.3 Å². The highest BCUT2D eigenvalue weighted by Gasteiger charge is 2.09. The van der Waals surface area contributed by atoms with Crippen molar-refractivity contribution in [2.45, 2.75) is 24.0 Å². The van der Waals surface area contributed by atoms with Crippen LogP contribution in [-0.4, -0.2) is 4.21 Å². The van der Waals surface area contributed by atoms with Crippen LogP contribution in [-0.2, 0) is 23.0 Å². The quantitative estimate of drug-likeness (QED) is 0.872. The zero-order chi connectivity index (χ0) is 13.8. The predicted octanol–water partition coefficient (Wildman–Crippen LogP) is 3.79. The molecule has 2 nitrogen and oxygen atoms in total. The molecule has 2 aromatic carbocycles. The molecule has 0 spiro atoms. The molecule has 0 heterocycles. The summed E-state index contributed by atoms with van der Waals surface area (Å²) in [6, 6.07) is 13.2. The number of halogens is 1. The Bertz CT molecular complexity index is 596. The number of nitrogen functional groups attached to an aromatic ring is 1. The Labute approximate surface area is 121 Å². The molecular weight excluding hydrogens is 278 g/mol. The summed E-state index contributed by atoms with van der Waals surface area (Å²) in [5.41, 5.74) is 8.65. The van der Waals surface area contributed by atoms with E-state index in [1.54, 1.807) is 18.2 Å². The fourth-order valence-corrected chi connectivity index (χ4v) is 3.20. The number of benzene rings is 2. The van der Waals surface area contributed by atoms with E-state index in [1.165, 1.54) is 5.56 Å². The first-order valence-electron chi connectivity index (χ1n) is 6.11. The molecule has 1 unspecified atom stereocenters. The largest absolute Gasteiger partial charge is 0.398 e. The maximum Gasteiger partial charge on any atom is 0.0621 e. The lowest BCUT2D eigenvalue weighted by Crippen LogP contribution is -2.01. The SMILES string of the molecule is CCc1ccc(CS(=O)c2ccc(Cl)cc2N)cc1. The summed E-state index contributed by atoms with van der Waals surface area (Å²) in [5, 5.41) is 0.561. The van der Waals surface area contributed by atoms with Gasteiger partial charge >= 0.3 is 0 Å². The topological polar surface area (TPSA) is 43.1 Å². The summed E-state index contributed by atoms with van der Waals surface area (Å²) in [4.78, 5) is 0.643. The van der Waals surface area contributed by atoms with Gasteiger partial charge in [0.2, 0.25) is 0 Å². The zero-order valence-electron chi connectivity index (χ0n) is 10.7. The molecule has 0 aliphatic heterocycles. The average Bonchev–Trinajstić information content (AvgIpc) is 2.39. The van der Waals surface area contributed by atoms with Crippen LogP contribution in [0.4, 0.5) is 5.69 Å². The fraction of sp³-hybridized carbons (Fsp3) is 0.200. The Kier molecular flexibility index (Phi) is 4.61. The third-order valence-corrected chi connectivity index (χ3v) is 4.64. The molecule has 0 saturated carbocycles. The van der Waals surface area contributed by atoms with E-state index in [-0.39, 0.29) is 0 Å². The van der Waals surface area contributed by atoms with Crippen LogP contribution in [0.25, 0.3) is 0 Å². The summed E-state index contributed by atoms with van der Waals surface area (Å²) in [7, 11) is -1.15. The molecule has 0 saturated heterocycles. The lowest BCUT2D eigenvalue weighted by atomic mass is 10.1. The minimum atomic E-state index is -1.15. The molecule has 4 heteroatoms. The van der Waals surface area contributed by atoms with E-state index in [9.17, 15) is 4.21 Å². The van der Waals surface area contributed by atoms with Gasteiger partial charge in [0, 0.05) is 10.7 Å². The fourth-order valence-electron chi connectivity index (χ4n) is 1.83. The van der Waals surface area contributed by atoms with Crippen LogP contribution in [0, 0.1) is 0 Å². The molecule has 100 valence electrons. The van der Waals surface area contributed by atoms with E-state index >= 15 is 0 Å². The number of hydrogen-bond donors (Lipinski definition) is 1. The third kappa shape index (κ3) is 3.58. The highest BCUT2D eigenvalue weighted by molar-refractivity contribution is 7.84. The Morgan fingerprint density at radius 1 is 1.11 bits per heavy atom. The number of rotatable bonds is 4. The van der Waals surface area contributed by atoms with E-state index in [1.807, 2.05) is 12.1 Å². The maximum absolute atomic E-state index is 12.3. The Hall–Kier alpha value is -1.32. The average molecular weight is 294 g/mol. The summed E-state index contributed by atoms with van der Waals surface area (Å²) in [6.07, 6.45) is 1.01. The van der Waals surface area contributed by atoms with Crippen molar-refractivity contribution in [2.24, 2.45) is 0 Å². The van der Waals surface area contributed by atoms with E-state index in [0.717, 1.165) is 12.0 Å². The van der Waals surface area contributed by atoms with Crippen LogP contribution >= 0.6 is 11.6 Å². The Balaban J connectivity index is 2.15. The molecule has 0 amide bonds. The van der Waals surface area contributed by atoms with Crippen molar-refractivity contribution in [3.63, 3.8) is 0 Å². The van der Waals surface area contributed by atoms with Crippen molar-refractivity contribution in [2.75, 3.05) is 5.73 Å². The van der Waals surface area contributed by atoms with Crippen LogP contribution in [0.3, 0.4) is 0 Å². The lowest BCUT2D eigenvalue weighted by Gasteiger charge is -2.07. The van der Waals surface area contributed by atoms with Crippen molar-refractivity contribution in [3.8, 4) is 0 Å².